The van der Waals surface area contributed by atoms with E-state index >= 15 is 0 Å². The monoisotopic (exact) mass is 286 g/mol. The SMILES string of the molecule is CC(C)C(=O)NCC1CN(C(=O)OC(C)(C)C)CCO1. The predicted molar refractivity (Wildman–Crippen MR) is 75.4 cm³/mol. The van der Waals surface area contributed by atoms with Crippen molar-refractivity contribution in [2.24, 2.45) is 5.92 Å². The normalized spacial score (nSPS) is 19.9. The summed E-state index contributed by atoms with van der Waals surface area (Å²) in [7, 11) is 0. The summed E-state index contributed by atoms with van der Waals surface area (Å²) in [5, 5.41) is 2.82. The molecule has 0 aliphatic carbocycles. The number of carbonyl (C=O) groups is 2. The molecule has 1 saturated heterocycles. The molecule has 0 aromatic rings. The van der Waals surface area contributed by atoms with E-state index < -0.39 is 5.60 Å². The number of rotatable bonds is 3. The third kappa shape index (κ3) is 5.77. The number of hydrogen-bond donors (Lipinski definition) is 1. The lowest BCUT2D eigenvalue weighted by Gasteiger charge is -2.34. The molecule has 1 aliphatic heterocycles. The van der Waals surface area contributed by atoms with Gasteiger partial charge in [0.2, 0.25) is 5.91 Å². The Morgan fingerprint density at radius 2 is 2.05 bits per heavy atom. The molecule has 6 nitrogen and oxygen atoms in total. The van der Waals surface area contributed by atoms with Gasteiger partial charge in [0.1, 0.15) is 5.60 Å². The Bertz CT molecular complexity index is 350. The summed E-state index contributed by atoms with van der Waals surface area (Å²) in [6, 6.07) is 0. The number of hydrogen-bond acceptors (Lipinski definition) is 4. The van der Waals surface area contributed by atoms with Crippen LogP contribution in [0.5, 0.6) is 0 Å². The zero-order chi connectivity index (χ0) is 15.3. The zero-order valence-electron chi connectivity index (χ0n) is 13.1. The summed E-state index contributed by atoms with van der Waals surface area (Å²) in [6.45, 7) is 11.0. The van der Waals surface area contributed by atoms with E-state index in [0.29, 0.717) is 26.2 Å². The average Bonchev–Trinajstić information content (AvgIpc) is 2.34. The molecule has 0 aromatic carbocycles. The number of ether oxygens (including phenoxy) is 2. The number of amides is 2. The maximum atomic E-state index is 12.0. The lowest BCUT2D eigenvalue weighted by Crippen LogP contribution is -2.51. The van der Waals surface area contributed by atoms with Crippen LogP contribution in [0.4, 0.5) is 4.79 Å². The smallest absolute Gasteiger partial charge is 0.410 e. The van der Waals surface area contributed by atoms with Crippen molar-refractivity contribution in [2.45, 2.75) is 46.3 Å². The first-order chi connectivity index (χ1) is 9.19. The van der Waals surface area contributed by atoms with Crippen molar-refractivity contribution in [1.29, 1.82) is 0 Å². The van der Waals surface area contributed by atoms with Crippen LogP contribution in [-0.2, 0) is 14.3 Å². The van der Waals surface area contributed by atoms with Crippen LogP contribution in [0.3, 0.4) is 0 Å². The molecule has 0 radical (unpaired) electrons. The first-order valence-corrected chi connectivity index (χ1v) is 7.06. The Morgan fingerprint density at radius 1 is 1.40 bits per heavy atom. The van der Waals surface area contributed by atoms with E-state index in [2.05, 4.69) is 5.32 Å². The Labute approximate surface area is 120 Å². The molecule has 2 amide bonds. The van der Waals surface area contributed by atoms with Gasteiger partial charge in [-0.05, 0) is 20.8 Å². The molecule has 0 bridgehead atoms. The molecule has 6 heteroatoms. The number of carbonyl (C=O) groups excluding carboxylic acids is 2. The summed E-state index contributed by atoms with van der Waals surface area (Å²) in [5.41, 5.74) is -0.503. The fourth-order valence-electron chi connectivity index (χ4n) is 1.75. The van der Waals surface area contributed by atoms with Crippen molar-refractivity contribution in [3.8, 4) is 0 Å². The van der Waals surface area contributed by atoms with Gasteiger partial charge in [0.05, 0.1) is 19.3 Å². The van der Waals surface area contributed by atoms with Gasteiger partial charge in [-0.2, -0.15) is 0 Å². The molecule has 1 aliphatic rings. The minimum absolute atomic E-state index is 0.0111. The van der Waals surface area contributed by atoms with Gasteiger partial charge < -0.3 is 19.7 Å². The van der Waals surface area contributed by atoms with E-state index in [1.54, 1.807) is 4.90 Å². The van der Waals surface area contributed by atoms with Gasteiger partial charge >= 0.3 is 6.09 Å². The summed E-state index contributed by atoms with van der Waals surface area (Å²) in [5.74, 6) is -0.0662. The highest BCUT2D eigenvalue weighted by Gasteiger charge is 2.28. The molecule has 1 unspecified atom stereocenters. The standard InChI is InChI=1S/C14H26N2O4/c1-10(2)12(17)15-8-11-9-16(6-7-19-11)13(18)20-14(3,4)5/h10-11H,6-9H2,1-5H3,(H,15,17). The third-order valence-corrected chi connectivity index (χ3v) is 2.82. The topological polar surface area (TPSA) is 67.9 Å². The van der Waals surface area contributed by atoms with E-state index in [4.69, 9.17) is 9.47 Å². The summed E-state index contributed by atoms with van der Waals surface area (Å²) in [4.78, 5) is 25.1. The quantitative estimate of drug-likeness (QED) is 0.851. The second kappa shape index (κ2) is 6.92. The summed E-state index contributed by atoms with van der Waals surface area (Å²) < 4.78 is 10.9. The second-order valence-electron chi connectivity index (χ2n) is 6.32. The first kappa shape index (κ1) is 16.8. The van der Waals surface area contributed by atoms with Crippen LogP contribution in [0.25, 0.3) is 0 Å². The third-order valence-electron chi connectivity index (χ3n) is 2.82. The number of nitrogens with one attached hydrogen (secondary N) is 1. The molecule has 0 spiro atoms. The minimum atomic E-state index is -0.503. The van der Waals surface area contributed by atoms with Crippen molar-refractivity contribution in [1.82, 2.24) is 10.2 Å². The van der Waals surface area contributed by atoms with Gasteiger partial charge in [0.25, 0.3) is 0 Å². The van der Waals surface area contributed by atoms with Gasteiger partial charge in [0, 0.05) is 19.0 Å². The van der Waals surface area contributed by atoms with E-state index in [0.717, 1.165) is 0 Å². The van der Waals surface area contributed by atoms with E-state index in [-0.39, 0.29) is 24.0 Å². The largest absolute Gasteiger partial charge is 0.444 e. The van der Waals surface area contributed by atoms with Gasteiger partial charge in [0.15, 0.2) is 0 Å². The minimum Gasteiger partial charge on any atom is -0.444 e. The molecule has 0 aromatic heterocycles. The van der Waals surface area contributed by atoms with Gasteiger partial charge in [-0.25, -0.2) is 4.79 Å². The van der Waals surface area contributed by atoms with Crippen molar-refractivity contribution >= 4 is 12.0 Å². The molecule has 20 heavy (non-hydrogen) atoms. The molecule has 1 atom stereocenters. The summed E-state index contributed by atoms with van der Waals surface area (Å²) in [6.07, 6.45) is -0.514. The number of morpholine rings is 1. The van der Waals surface area contributed by atoms with Crippen LogP contribution in [0.15, 0.2) is 0 Å². The van der Waals surface area contributed by atoms with Gasteiger partial charge in [-0.3, -0.25) is 4.79 Å². The maximum absolute atomic E-state index is 12.0. The van der Waals surface area contributed by atoms with Crippen LogP contribution in [0.2, 0.25) is 0 Å². The molecule has 1 rings (SSSR count). The fourth-order valence-corrected chi connectivity index (χ4v) is 1.75. The molecule has 116 valence electrons. The Kier molecular flexibility index (Phi) is 5.80. The summed E-state index contributed by atoms with van der Waals surface area (Å²) >= 11 is 0. The number of nitrogens with zero attached hydrogens (tertiary/aromatic N) is 1. The Hall–Kier alpha value is -1.30. The van der Waals surface area contributed by atoms with E-state index in [9.17, 15) is 9.59 Å². The molecule has 1 N–H and O–H groups in total. The van der Waals surface area contributed by atoms with Crippen LogP contribution < -0.4 is 5.32 Å². The van der Waals surface area contributed by atoms with Gasteiger partial charge in [-0.1, -0.05) is 13.8 Å². The van der Waals surface area contributed by atoms with Crippen LogP contribution in [0.1, 0.15) is 34.6 Å². The van der Waals surface area contributed by atoms with Crippen LogP contribution in [-0.4, -0.2) is 54.8 Å². The first-order valence-electron chi connectivity index (χ1n) is 7.06. The van der Waals surface area contributed by atoms with E-state index in [1.165, 1.54) is 0 Å². The molecule has 1 fully saturated rings. The van der Waals surface area contributed by atoms with Crippen LogP contribution in [0, 0.1) is 5.92 Å². The fraction of sp³-hybridized carbons (Fsp3) is 0.857. The lowest BCUT2D eigenvalue weighted by atomic mass is 10.2. The van der Waals surface area contributed by atoms with Crippen molar-refractivity contribution in [3.05, 3.63) is 0 Å². The zero-order valence-corrected chi connectivity index (χ0v) is 13.1. The molecule has 1 heterocycles. The molecular weight excluding hydrogens is 260 g/mol. The maximum Gasteiger partial charge on any atom is 0.410 e. The molecular formula is C14H26N2O4. The predicted octanol–water partition coefficient (Wildman–Crippen LogP) is 1.39. The average molecular weight is 286 g/mol. The van der Waals surface area contributed by atoms with Crippen molar-refractivity contribution in [2.75, 3.05) is 26.2 Å². The lowest BCUT2D eigenvalue weighted by molar-refractivity contribution is -0.125. The van der Waals surface area contributed by atoms with Crippen LogP contribution >= 0.6 is 0 Å². The van der Waals surface area contributed by atoms with Gasteiger partial charge in [-0.15, -0.1) is 0 Å². The Morgan fingerprint density at radius 3 is 2.60 bits per heavy atom. The van der Waals surface area contributed by atoms with E-state index in [1.807, 2.05) is 34.6 Å². The van der Waals surface area contributed by atoms with Crippen molar-refractivity contribution in [3.63, 3.8) is 0 Å². The second-order valence-corrected chi connectivity index (χ2v) is 6.32. The highest BCUT2D eigenvalue weighted by atomic mass is 16.6. The Balaban J connectivity index is 2.42. The highest BCUT2D eigenvalue weighted by molar-refractivity contribution is 5.77. The van der Waals surface area contributed by atoms with Crippen molar-refractivity contribution < 1.29 is 19.1 Å². The highest BCUT2D eigenvalue weighted by Crippen LogP contribution is 2.12. The molecule has 0 saturated carbocycles.